The average molecular weight is 335 g/mol. The first-order chi connectivity index (χ1) is 11.6. The minimum Gasteiger partial charge on any atom is -0.351 e. The minimum absolute atomic E-state index is 0.0881. The lowest BCUT2D eigenvalue weighted by atomic mass is 10.0. The van der Waals surface area contributed by atoms with Gasteiger partial charge < -0.3 is 10.6 Å². The monoisotopic (exact) mass is 335 g/mol. The Morgan fingerprint density at radius 1 is 1.25 bits per heavy atom. The van der Waals surface area contributed by atoms with Gasteiger partial charge in [0.1, 0.15) is 0 Å². The van der Waals surface area contributed by atoms with Crippen molar-refractivity contribution in [3.8, 4) is 0 Å². The highest BCUT2D eigenvalue weighted by atomic mass is 16.2. The Balaban J connectivity index is 1.71. The van der Waals surface area contributed by atoms with Crippen molar-refractivity contribution in [2.75, 3.05) is 19.6 Å². The fourth-order valence-electron chi connectivity index (χ4n) is 3.27. The molecule has 2 rings (SSSR count). The van der Waals surface area contributed by atoms with Gasteiger partial charge in [-0.05, 0) is 45.2 Å². The van der Waals surface area contributed by atoms with Gasteiger partial charge in [0.25, 0.3) is 5.91 Å². The van der Waals surface area contributed by atoms with E-state index in [0.29, 0.717) is 11.7 Å². The van der Waals surface area contributed by atoms with E-state index in [4.69, 9.17) is 0 Å². The molecular weight excluding hydrogens is 302 g/mol. The van der Waals surface area contributed by atoms with Crippen LogP contribution in [-0.2, 0) is 0 Å². The predicted octanol–water partition coefficient (Wildman–Crippen LogP) is 2.85. The maximum Gasteiger partial charge on any atom is 0.273 e. The number of unbranched alkanes of at least 4 members (excludes halogenated alkanes) is 3. The number of carbonyl (C=O) groups is 1. The van der Waals surface area contributed by atoms with Crippen molar-refractivity contribution in [1.29, 1.82) is 0 Å². The van der Waals surface area contributed by atoms with Gasteiger partial charge in [0.2, 0.25) is 0 Å². The van der Waals surface area contributed by atoms with Crippen molar-refractivity contribution in [2.24, 2.45) is 5.92 Å². The zero-order valence-electron chi connectivity index (χ0n) is 15.5. The zero-order chi connectivity index (χ0) is 17.4. The van der Waals surface area contributed by atoms with Crippen molar-refractivity contribution in [3.63, 3.8) is 0 Å². The van der Waals surface area contributed by atoms with Crippen LogP contribution in [-0.4, -0.2) is 40.5 Å². The molecule has 136 valence electrons. The van der Waals surface area contributed by atoms with Crippen molar-refractivity contribution in [3.05, 3.63) is 11.4 Å². The molecule has 0 aromatic carbocycles. The average Bonchev–Trinajstić information content (AvgIpc) is 2.96. The highest BCUT2D eigenvalue weighted by Gasteiger charge is 2.22. The minimum atomic E-state index is -0.0881. The van der Waals surface area contributed by atoms with Gasteiger partial charge >= 0.3 is 0 Å². The second kappa shape index (κ2) is 9.77. The topological polar surface area (TPSA) is 71.8 Å². The Labute approximate surface area is 145 Å². The molecular formula is C18H33N5O. The highest BCUT2D eigenvalue weighted by molar-refractivity contribution is 5.93. The summed E-state index contributed by atoms with van der Waals surface area (Å²) in [6, 6.07) is 0.362. The molecule has 0 spiro atoms. The van der Waals surface area contributed by atoms with E-state index in [9.17, 15) is 4.79 Å². The summed E-state index contributed by atoms with van der Waals surface area (Å²) < 4.78 is 1.93. The Morgan fingerprint density at radius 2 is 1.96 bits per heavy atom. The summed E-state index contributed by atoms with van der Waals surface area (Å²) in [4.78, 5) is 12.3. The number of nitrogens with one attached hydrogen (secondary N) is 2. The van der Waals surface area contributed by atoms with E-state index in [2.05, 4.69) is 34.8 Å². The molecule has 1 amide bonds. The van der Waals surface area contributed by atoms with Gasteiger partial charge in [-0.25, -0.2) is 4.68 Å². The fourth-order valence-corrected chi connectivity index (χ4v) is 3.27. The van der Waals surface area contributed by atoms with Crippen LogP contribution >= 0.6 is 0 Å². The molecule has 2 heterocycles. The molecule has 1 fully saturated rings. The van der Waals surface area contributed by atoms with E-state index < -0.39 is 0 Å². The van der Waals surface area contributed by atoms with Gasteiger partial charge in [0.15, 0.2) is 5.69 Å². The van der Waals surface area contributed by atoms with E-state index in [0.717, 1.165) is 50.5 Å². The molecule has 1 aromatic rings. The predicted molar refractivity (Wildman–Crippen MR) is 96.2 cm³/mol. The number of hydrogen-bond donors (Lipinski definition) is 2. The van der Waals surface area contributed by atoms with E-state index in [-0.39, 0.29) is 5.91 Å². The van der Waals surface area contributed by atoms with E-state index in [1.807, 2.05) is 11.6 Å². The molecule has 1 saturated heterocycles. The van der Waals surface area contributed by atoms with Gasteiger partial charge in [0.05, 0.1) is 11.7 Å². The van der Waals surface area contributed by atoms with Gasteiger partial charge in [-0.3, -0.25) is 4.79 Å². The standard InChI is InChI=1S/C18H33N5O/c1-14(2)8-6-4-5-7-11-20-18(24)17-15(3)23(22-21-17)16-9-12-19-13-10-16/h14,16,19H,4-13H2,1-3H3,(H,20,24). The Bertz CT molecular complexity index is 506. The van der Waals surface area contributed by atoms with Crippen LogP contribution in [0.25, 0.3) is 0 Å². The summed E-state index contributed by atoms with van der Waals surface area (Å²) in [5.41, 5.74) is 1.37. The molecule has 0 saturated carbocycles. The molecule has 0 unspecified atom stereocenters. The quantitative estimate of drug-likeness (QED) is 0.681. The summed E-state index contributed by atoms with van der Waals surface area (Å²) in [5.74, 6) is 0.699. The number of carbonyl (C=O) groups excluding carboxylic acids is 1. The SMILES string of the molecule is Cc1c(C(=O)NCCCCCCC(C)C)nnn1C1CCNCC1. The molecule has 0 radical (unpaired) electrons. The van der Waals surface area contributed by atoms with Crippen LogP contribution in [0.15, 0.2) is 0 Å². The molecule has 1 aliphatic heterocycles. The number of rotatable bonds is 9. The summed E-state index contributed by atoms with van der Waals surface area (Å²) in [5, 5.41) is 14.7. The van der Waals surface area contributed by atoms with Gasteiger partial charge in [-0.2, -0.15) is 0 Å². The normalized spacial score (nSPS) is 15.8. The smallest absolute Gasteiger partial charge is 0.273 e. The zero-order valence-corrected chi connectivity index (χ0v) is 15.5. The molecule has 0 aliphatic carbocycles. The molecule has 0 atom stereocenters. The fraction of sp³-hybridized carbons (Fsp3) is 0.833. The summed E-state index contributed by atoms with van der Waals surface area (Å²) in [7, 11) is 0. The summed E-state index contributed by atoms with van der Waals surface area (Å²) in [6.45, 7) is 9.20. The third-order valence-electron chi connectivity index (χ3n) is 4.79. The van der Waals surface area contributed by atoms with Crippen LogP contribution in [0.2, 0.25) is 0 Å². The molecule has 6 heteroatoms. The van der Waals surface area contributed by atoms with Gasteiger partial charge in [-0.1, -0.05) is 44.7 Å². The second-order valence-corrected chi connectivity index (χ2v) is 7.30. The number of hydrogen-bond acceptors (Lipinski definition) is 4. The first-order valence-electron chi connectivity index (χ1n) is 9.50. The van der Waals surface area contributed by atoms with Crippen LogP contribution in [0, 0.1) is 12.8 Å². The lowest BCUT2D eigenvalue weighted by Crippen LogP contribution is -2.30. The Hall–Kier alpha value is -1.43. The van der Waals surface area contributed by atoms with Crippen molar-refractivity contribution < 1.29 is 4.79 Å². The van der Waals surface area contributed by atoms with Crippen molar-refractivity contribution >= 4 is 5.91 Å². The molecule has 1 aliphatic rings. The molecule has 1 aromatic heterocycles. The maximum absolute atomic E-state index is 12.3. The molecule has 2 N–H and O–H groups in total. The molecule has 6 nitrogen and oxygen atoms in total. The summed E-state index contributed by atoms with van der Waals surface area (Å²) >= 11 is 0. The largest absolute Gasteiger partial charge is 0.351 e. The van der Waals surface area contributed by atoms with E-state index >= 15 is 0 Å². The first-order valence-corrected chi connectivity index (χ1v) is 9.50. The third-order valence-corrected chi connectivity index (χ3v) is 4.79. The van der Waals surface area contributed by atoms with Crippen molar-refractivity contribution in [1.82, 2.24) is 25.6 Å². The third kappa shape index (κ3) is 5.58. The summed E-state index contributed by atoms with van der Waals surface area (Å²) in [6.07, 6.45) is 8.13. The van der Waals surface area contributed by atoms with Gasteiger partial charge in [-0.15, -0.1) is 5.10 Å². The number of amides is 1. The van der Waals surface area contributed by atoms with E-state index in [1.54, 1.807) is 0 Å². The first kappa shape index (κ1) is 18.9. The van der Waals surface area contributed by atoms with Crippen LogP contribution in [0.1, 0.15) is 81.0 Å². The maximum atomic E-state index is 12.3. The van der Waals surface area contributed by atoms with Crippen LogP contribution in [0.3, 0.4) is 0 Å². The van der Waals surface area contributed by atoms with Crippen LogP contribution in [0.5, 0.6) is 0 Å². The Kier molecular flexibility index (Phi) is 7.69. The highest BCUT2D eigenvalue weighted by Crippen LogP contribution is 2.20. The van der Waals surface area contributed by atoms with Crippen LogP contribution < -0.4 is 10.6 Å². The number of piperidine rings is 1. The lowest BCUT2D eigenvalue weighted by molar-refractivity contribution is 0.0947. The van der Waals surface area contributed by atoms with Crippen molar-refractivity contribution in [2.45, 2.75) is 71.8 Å². The number of nitrogens with zero attached hydrogens (tertiary/aromatic N) is 3. The molecule has 24 heavy (non-hydrogen) atoms. The number of aromatic nitrogens is 3. The lowest BCUT2D eigenvalue weighted by Gasteiger charge is -2.23. The molecule has 0 bridgehead atoms. The van der Waals surface area contributed by atoms with E-state index in [1.165, 1.54) is 25.7 Å². The Morgan fingerprint density at radius 3 is 2.67 bits per heavy atom. The second-order valence-electron chi connectivity index (χ2n) is 7.30. The van der Waals surface area contributed by atoms with Crippen LogP contribution in [0.4, 0.5) is 0 Å². The van der Waals surface area contributed by atoms with Gasteiger partial charge in [0, 0.05) is 6.54 Å².